The number of aryl methyl sites for hydroxylation is 2. The number of pyridine rings is 1. The van der Waals surface area contributed by atoms with Gasteiger partial charge in [-0.05, 0) is 56.0 Å². The molecule has 3 aromatic rings. The second-order valence-electron chi connectivity index (χ2n) is 10.7. The van der Waals surface area contributed by atoms with Gasteiger partial charge in [0.05, 0.1) is 42.5 Å². The van der Waals surface area contributed by atoms with Crippen LogP contribution >= 0.6 is 0 Å². The first-order valence-corrected chi connectivity index (χ1v) is 13.5. The Labute approximate surface area is 229 Å². The van der Waals surface area contributed by atoms with Crippen molar-refractivity contribution in [3.8, 4) is 0 Å². The van der Waals surface area contributed by atoms with E-state index in [1.807, 2.05) is 13.1 Å². The summed E-state index contributed by atoms with van der Waals surface area (Å²) in [4.78, 5) is 28.0. The Morgan fingerprint density at radius 2 is 2.05 bits per heavy atom. The minimum Gasteiger partial charge on any atom is -0.380 e. The van der Waals surface area contributed by atoms with Crippen molar-refractivity contribution in [2.24, 2.45) is 0 Å². The molecule has 3 unspecified atom stereocenters. The molecule has 2 fully saturated rings. The summed E-state index contributed by atoms with van der Waals surface area (Å²) in [5, 5.41) is 6.19. The number of hydrogen-bond acceptors (Lipinski definition) is 8. The van der Waals surface area contributed by atoms with Crippen molar-refractivity contribution in [1.29, 1.82) is 0 Å². The van der Waals surface area contributed by atoms with Crippen LogP contribution in [0.15, 0.2) is 36.8 Å². The fourth-order valence-electron chi connectivity index (χ4n) is 5.91. The van der Waals surface area contributed by atoms with Gasteiger partial charge in [0, 0.05) is 48.6 Å². The first-order chi connectivity index (χ1) is 19.2. The minimum absolute atomic E-state index is 0.0828. The van der Waals surface area contributed by atoms with Crippen molar-refractivity contribution in [1.82, 2.24) is 25.2 Å². The number of anilines is 1. The normalized spacial score (nSPS) is 24.9. The molecule has 40 heavy (non-hydrogen) atoms. The van der Waals surface area contributed by atoms with Crippen molar-refractivity contribution in [2.75, 3.05) is 38.2 Å². The summed E-state index contributed by atoms with van der Waals surface area (Å²) in [6.45, 7) is 4.50. The summed E-state index contributed by atoms with van der Waals surface area (Å²) in [6.07, 6.45) is 1.08. The van der Waals surface area contributed by atoms with Crippen LogP contribution in [0.4, 0.5) is 19.0 Å². The van der Waals surface area contributed by atoms with Crippen LogP contribution in [0.25, 0.3) is 10.9 Å². The second-order valence-corrected chi connectivity index (χ2v) is 10.7. The highest BCUT2D eigenvalue weighted by atomic mass is 19.4. The Hall–Kier alpha value is -3.35. The summed E-state index contributed by atoms with van der Waals surface area (Å²) in [5.74, 6) is -0.133. The van der Waals surface area contributed by atoms with Crippen LogP contribution in [0, 0.1) is 6.92 Å². The van der Waals surface area contributed by atoms with Crippen molar-refractivity contribution in [2.45, 2.75) is 56.7 Å². The molecule has 2 aliphatic heterocycles. The third kappa shape index (κ3) is 5.61. The van der Waals surface area contributed by atoms with E-state index in [0.717, 1.165) is 49.3 Å². The average Bonchev–Trinajstić information content (AvgIpc) is 3.68. The number of aromatic nitrogens is 3. The zero-order valence-corrected chi connectivity index (χ0v) is 22.1. The summed E-state index contributed by atoms with van der Waals surface area (Å²) in [5.41, 5.74) is 2.89. The number of ether oxygens (including phenoxy) is 2. The number of fused-ring (bicyclic) bond motifs is 2. The molecule has 212 valence electrons. The summed E-state index contributed by atoms with van der Waals surface area (Å²) >= 11 is 0. The number of carbonyl (C=O) groups is 1. The number of carbonyl (C=O) groups excluding carboxylic acids is 1. The quantitative estimate of drug-likeness (QED) is 0.457. The molecule has 1 amide bonds. The molecule has 0 spiro atoms. The van der Waals surface area contributed by atoms with E-state index in [-0.39, 0.29) is 47.9 Å². The van der Waals surface area contributed by atoms with E-state index in [9.17, 15) is 18.0 Å². The number of halogens is 3. The maximum atomic E-state index is 13.3. The molecule has 1 aromatic carbocycles. The molecule has 9 nitrogen and oxygen atoms in total. The van der Waals surface area contributed by atoms with Crippen molar-refractivity contribution in [3.05, 3.63) is 59.2 Å². The fraction of sp³-hybridized carbons (Fsp3) is 0.500. The SMILES string of the molecule is Cc1cc2c(cn1)C(O[C@H]1CN(C3CCOC3)CC1NC(=O)CNc1ncnc3ccc(C(F)(F)F)cc13)CC2. The molecule has 0 saturated carbocycles. The lowest BCUT2D eigenvalue weighted by atomic mass is 10.1. The molecule has 2 N–H and O–H groups in total. The molecule has 2 aromatic heterocycles. The van der Waals surface area contributed by atoms with E-state index in [4.69, 9.17) is 9.47 Å². The van der Waals surface area contributed by atoms with Crippen LogP contribution in [0.5, 0.6) is 0 Å². The van der Waals surface area contributed by atoms with Crippen LogP contribution in [-0.4, -0.2) is 76.8 Å². The Morgan fingerprint density at radius 1 is 1.18 bits per heavy atom. The molecule has 0 bridgehead atoms. The van der Waals surface area contributed by atoms with Crippen LogP contribution in [0.1, 0.15) is 41.3 Å². The smallest absolute Gasteiger partial charge is 0.380 e. The van der Waals surface area contributed by atoms with Crippen molar-refractivity contribution in [3.63, 3.8) is 0 Å². The molecule has 0 radical (unpaired) electrons. The first kappa shape index (κ1) is 26.9. The van der Waals surface area contributed by atoms with Gasteiger partial charge in [-0.15, -0.1) is 0 Å². The number of likely N-dealkylation sites (tertiary alicyclic amines) is 1. The third-order valence-corrected chi connectivity index (χ3v) is 7.96. The number of nitrogens with one attached hydrogen (secondary N) is 2. The second kappa shape index (κ2) is 10.9. The van der Waals surface area contributed by atoms with E-state index in [1.54, 1.807) is 0 Å². The molecule has 12 heteroatoms. The van der Waals surface area contributed by atoms with Gasteiger partial charge in [0.1, 0.15) is 12.1 Å². The maximum Gasteiger partial charge on any atom is 0.416 e. The third-order valence-electron chi connectivity index (χ3n) is 7.96. The number of amides is 1. The molecule has 2 saturated heterocycles. The number of benzene rings is 1. The lowest BCUT2D eigenvalue weighted by molar-refractivity contribution is -0.137. The number of alkyl halides is 3. The van der Waals surface area contributed by atoms with Gasteiger partial charge in [-0.2, -0.15) is 13.2 Å². The van der Waals surface area contributed by atoms with Crippen LogP contribution in [0.2, 0.25) is 0 Å². The van der Waals surface area contributed by atoms with Crippen LogP contribution in [0.3, 0.4) is 0 Å². The molecule has 3 aliphatic rings. The van der Waals surface area contributed by atoms with Gasteiger partial charge in [0.25, 0.3) is 0 Å². The fourth-order valence-corrected chi connectivity index (χ4v) is 5.91. The van der Waals surface area contributed by atoms with E-state index in [0.29, 0.717) is 25.2 Å². The minimum atomic E-state index is -4.50. The average molecular weight is 557 g/mol. The van der Waals surface area contributed by atoms with Gasteiger partial charge >= 0.3 is 6.18 Å². The summed E-state index contributed by atoms with van der Waals surface area (Å²) in [7, 11) is 0. The van der Waals surface area contributed by atoms with Crippen molar-refractivity contribution >= 4 is 22.6 Å². The zero-order chi connectivity index (χ0) is 27.9. The zero-order valence-electron chi connectivity index (χ0n) is 22.1. The topological polar surface area (TPSA) is 102 Å². The first-order valence-electron chi connectivity index (χ1n) is 13.5. The molecule has 6 rings (SSSR count). The predicted octanol–water partition coefficient (Wildman–Crippen LogP) is 3.43. The molecule has 4 atom stereocenters. The molecule has 4 heterocycles. The van der Waals surface area contributed by atoms with Gasteiger partial charge in [0.2, 0.25) is 5.91 Å². The van der Waals surface area contributed by atoms with Crippen LogP contribution in [-0.2, 0) is 26.9 Å². The Kier molecular flexibility index (Phi) is 7.32. The highest BCUT2D eigenvalue weighted by Gasteiger charge is 2.41. The highest BCUT2D eigenvalue weighted by molar-refractivity contribution is 5.91. The monoisotopic (exact) mass is 556 g/mol. The van der Waals surface area contributed by atoms with E-state index >= 15 is 0 Å². The van der Waals surface area contributed by atoms with Crippen molar-refractivity contribution < 1.29 is 27.4 Å². The lowest BCUT2D eigenvalue weighted by Gasteiger charge is -2.24. The predicted molar refractivity (Wildman–Crippen MR) is 141 cm³/mol. The largest absolute Gasteiger partial charge is 0.416 e. The van der Waals surface area contributed by atoms with Gasteiger partial charge in [-0.3, -0.25) is 14.7 Å². The standard InChI is InChI=1S/C28H31F3N6O3/c1-16-8-17-2-5-24(21(17)10-32-16)40-25-13-37(19-6-7-39-14-19)12-23(25)36-26(38)11-33-27-20-9-18(28(29,30)31)3-4-22(20)34-15-35-27/h3-4,8-10,15,19,23-25H,2,5-7,11-14H2,1H3,(H,36,38)(H,33,34,35)/t19?,23?,24?,25-/m0/s1. The molecule has 1 aliphatic carbocycles. The lowest BCUT2D eigenvalue weighted by Crippen LogP contribution is -2.46. The number of rotatable bonds is 7. The Morgan fingerprint density at radius 3 is 2.85 bits per heavy atom. The van der Waals surface area contributed by atoms with E-state index < -0.39 is 11.7 Å². The van der Waals surface area contributed by atoms with Gasteiger partial charge < -0.3 is 20.1 Å². The van der Waals surface area contributed by atoms with E-state index in [1.165, 1.54) is 18.0 Å². The highest BCUT2D eigenvalue weighted by Crippen LogP contribution is 2.36. The molecular formula is C28H31F3N6O3. The van der Waals surface area contributed by atoms with Gasteiger partial charge in [-0.25, -0.2) is 9.97 Å². The van der Waals surface area contributed by atoms with E-state index in [2.05, 4.69) is 36.6 Å². The number of nitrogens with zero attached hydrogens (tertiary/aromatic N) is 4. The summed E-state index contributed by atoms with van der Waals surface area (Å²) < 4.78 is 52.0. The van der Waals surface area contributed by atoms with Crippen LogP contribution < -0.4 is 10.6 Å². The Balaban J connectivity index is 1.14. The van der Waals surface area contributed by atoms with Gasteiger partial charge in [-0.1, -0.05) is 0 Å². The number of hydrogen-bond donors (Lipinski definition) is 2. The van der Waals surface area contributed by atoms with Gasteiger partial charge in [0.15, 0.2) is 0 Å². The maximum absolute atomic E-state index is 13.3. The molecular weight excluding hydrogens is 525 g/mol. The summed E-state index contributed by atoms with van der Waals surface area (Å²) in [6, 6.07) is 5.40. The Bertz CT molecular complexity index is 1400.